The third-order valence-electron chi connectivity index (χ3n) is 2.08. The van der Waals surface area contributed by atoms with E-state index in [1.807, 2.05) is 0 Å². The highest BCUT2D eigenvalue weighted by Gasteiger charge is 2.15. The van der Waals surface area contributed by atoms with Gasteiger partial charge in [-0.1, -0.05) is 6.92 Å². The topological polar surface area (TPSA) is 98.5 Å². The highest BCUT2D eigenvalue weighted by atomic mass is 32.2. The van der Waals surface area contributed by atoms with E-state index in [9.17, 15) is 13.2 Å². The average molecular weight is 258 g/mol. The van der Waals surface area contributed by atoms with Crippen LogP contribution < -0.4 is 15.2 Å². The normalized spacial score (nSPS) is 11.0. The second kappa shape index (κ2) is 5.15. The van der Waals surface area contributed by atoms with E-state index in [-0.39, 0.29) is 16.6 Å². The number of nitrogens with one attached hydrogen (secondary N) is 1. The predicted molar refractivity (Wildman–Crippen MR) is 63.3 cm³/mol. The number of carbonyl (C=O) groups is 1. The molecule has 0 aliphatic rings. The molecule has 7 heteroatoms. The lowest BCUT2D eigenvalue weighted by atomic mass is 10.3. The first-order chi connectivity index (χ1) is 7.88. The first kappa shape index (κ1) is 13.5. The van der Waals surface area contributed by atoms with Crippen molar-refractivity contribution >= 4 is 21.6 Å². The zero-order valence-corrected chi connectivity index (χ0v) is 10.4. The van der Waals surface area contributed by atoms with Gasteiger partial charge in [0, 0.05) is 18.2 Å². The lowest BCUT2D eigenvalue weighted by Crippen LogP contribution is -2.14. The Morgan fingerprint density at radius 1 is 1.47 bits per heavy atom. The van der Waals surface area contributed by atoms with Crippen molar-refractivity contribution < 1.29 is 17.9 Å². The first-order valence-electron chi connectivity index (χ1n) is 4.89. The van der Waals surface area contributed by atoms with Gasteiger partial charge in [0.1, 0.15) is 10.6 Å². The van der Waals surface area contributed by atoms with E-state index in [1.54, 1.807) is 6.92 Å². The number of methoxy groups -OCH3 is 1. The average Bonchev–Trinajstić information content (AvgIpc) is 2.27. The van der Waals surface area contributed by atoms with Crippen molar-refractivity contribution in [3.8, 4) is 5.75 Å². The van der Waals surface area contributed by atoms with Gasteiger partial charge in [-0.25, -0.2) is 13.6 Å². The van der Waals surface area contributed by atoms with Gasteiger partial charge in [0.15, 0.2) is 0 Å². The number of sulfonamides is 1. The molecule has 1 aromatic carbocycles. The van der Waals surface area contributed by atoms with Crippen LogP contribution in [0.4, 0.5) is 5.69 Å². The first-order valence-corrected chi connectivity index (χ1v) is 6.43. The lowest BCUT2D eigenvalue weighted by Gasteiger charge is -2.09. The number of amides is 1. The maximum absolute atomic E-state index is 11.2. The second-order valence-electron chi connectivity index (χ2n) is 3.31. The number of anilines is 1. The summed E-state index contributed by atoms with van der Waals surface area (Å²) in [7, 11) is -2.51. The lowest BCUT2D eigenvalue weighted by molar-refractivity contribution is -0.115. The number of rotatable bonds is 4. The minimum atomic E-state index is -3.83. The van der Waals surface area contributed by atoms with Gasteiger partial charge in [0.05, 0.1) is 7.11 Å². The molecular formula is C10H14N2O4S. The molecule has 0 spiro atoms. The molecule has 0 bridgehead atoms. The predicted octanol–water partition coefficient (Wildman–Crippen LogP) is 0.691. The van der Waals surface area contributed by atoms with Crippen LogP contribution in [-0.4, -0.2) is 21.4 Å². The molecule has 0 saturated carbocycles. The van der Waals surface area contributed by atoms with Crippen LogP contribution in [0.15, 0.2) is 23.1 Å². The zero-order chi connectivity index (χ0) is 13.1. The minimum Gasteiger partial charge on any atom is -0.495 e. The fraction of sp³-hybridized carbons (Fsp3) is 0.300. The molecule has 1 aromatic rings. The van der Waals surface area contributed by atoms with Crippen LogP contribution in [-0.2, 0) is 14.8 Å². The minimum absolute atomic E-state index is 0.0985. The van der Waals surface area contributed by atoms with Gasteiger partial charge in [0.2, 0.25) is 15.9 Å². The Hall–Kier alpha value is -1.60. The molecule has 0 aliphatic heterocycles. The van der Waals surface area contributed by atoms with Crippen molar-refractivity contribution in [1.82, 2.24) is 0 Å². The molecule has 0 aromatic heterocycles. The van der Waals surface area contributed by atoms with E-state index in [4.69, 9.17) is 9.88 Å². The van der Waals surface area contributed by atoms with Gasteiger partial charge in [-0.3, -0.25) is 4.79 Å². The summed E-state index contributed by atoms with van der Waals surface area (Å²) in [6.45, 7) is 1.71. The summed E-state index contributed by atoms with van der Waals surface area (Å²) in [4.78, 5) is 11.1. The molecular weight excluding hydrogens is 244 g/mol. The van der Waals surface area contributed by atoms with E-state index in [1.165, 1.54) is 25.3 Å². The van der Waals surface area contributed by atoms with Crippen LogP contribution in [0.3, 0.4) is 0 Å². The van der Waals surface area contributed by atoms with Crippen molar-refractivity contribution in [1.29, 1.82) is 0 Å². The van der Waals surface area contributed by atoms with Gasteiger partial charge in [-0.05, 0) is 12.1 Å². The van der Waals surface area contributed by atoms with Crippen LogP contribution in [0.5, 0.6) is 5.75 Å². The van der Waals surface area contributed by atoms with E-state index >= 15 is 0 Å². The number of hydrogen-bond donors (Lipinski definition) is 2. The van der Waals surface area contributed by atoms with Gasteiger partial charge in [-0.15, -0.1) is 0 Å². The summed E-state index contributed by atoms with van der Waals surface area (Å²) in [6, 6.07) is 4.16. The Morgan fingerprint density at radius 3 is 2.59 bits per heavy atom. The van der Waals surface area contributed by atoms with E-state index in [2.05, 4.69) is 5.32 Å². The summed E-state index contributed by atoms with van der Waals surface area (Å²) in [5.41, 5.74) is 0.459. The molecule has 17 heavy (non-hydrogen) atoms. The molecule has 0 unspecified atom stereocenters. The smallest absolute Gasteiger partial charge is 0.241 e. The van der Waals surface area contributed by atoms with E-state index in [0.717, 1.165) is 0 Å². The number of benzene rings is 1. The van der Waals surface area contributed by atoms with Crippen LogP contribution in [0.2, 0.25) is 0 Å². The molecule has 0 aliphatic carbocycles. The van der Waals surface area contributed by atoms with Crippen LogP contribution in [0, 0.1) is 0 Å². The van der Waals surface area contributed by atoms with E-state index < -0.39 is 10.0 Å². The maximum atomic E-state index is 11.2. The highest BCUT2D eigenvalue weighted by Crippen LogP contribution is 2.26. The summed E-state index contributed by atoms with van der Waals surface area (Å²) < 4.78 is 27.3. The molecule has 1 amide bonds. The Morgan fingerprint density at radius 2 is 2.12 bits per heavy atom. The molecule has 3 N–H and O–H groups in total. The molecule has 0 atom stereocenters. The maximum Gasteiger partial charge on any atom is 0.241 e. The highest BCUT2D eigenvalue weighted by molar-refractivity contribution is 7.89. The summed E-state index contributed by atoms with van der Waals surface area (Å²) >= 11 is 0. The molecule has 0 heterocycles. The Labute approximate surface area is 99.8 Å². The van der Waals surface area contributed by atoms with Crippen molar-refractivity contribution in [3.63, 3.8) is 0 Å². The largest absolute Gasteiger partial charge is 0.495 e. The van der Waals surface area contributed by atoms with Gasteiger partial charge in [-0.2, -0.15) is 0 Å². The van der Waals surface area contributed by atoms with Gasteiger partial charge in [0.25, 0.3) is 0 Å². The second-order valence-corrected chi connectivity index (χ2v) is 4.84. The Bertz CT molecular complexity index is 525. The van der Waals surface area contributed by atoms with Crippen LogP contribution in [0.25, 0.3) is 0 Å². The SMILES string of the molecule is CCC(=O)Nc1ccc(S(N)(=O)=O)c(OC)c1. The third-order valence-corrected chi connectivity index (χ3v) is 3.03. The monoisotopic (exact) mass is 258 g/mol. The fourth-order valence-corrected chi connectivity index (χ4v) is 1.91. The number of hydrogen-bond acceptors (Lipinski definition) is 4. The number of primary sulfonamides is 1. The van der Waals surface area contributed by atoms with Crippen molar-refractivity contribution in [2.75, 3.05) is 12.4 Å². The molecule has 0 fully saturated rings. The zero-order valence-electron chi connectivity index (χ0n) is 9.56. The summed E-state index contributed by atoms with van der Waals surface area (Å²) in [5.74, 6) is -0.0724. The van der Waals surface area contributed by atoms with Gasteiger partial charge < -0.3 is 10.1 Å². The number of carbonyl (C=O) groups excluding carboxylic acids is 1. The molecule has 1 rings (SSSR count). The van der Waals surface area contributed by atoms with Crippen LogP contribution >= 0.6 is 0 Å². The van der Waals surface area contributed by atoms with E-state index in [0.29, 0.717) is 12.1 Å². The van der Waals surface area contributed by atoms with Crippen molar-refractivity contribution in [3.05, 3.63) is 18.2 Å². The fourth-order valence-electron chi connectivity index (χ4n) is 1.23. The third kappa shape index (κ3) is 3.43. The Kier molecular flexibility index (Phi) is 4.08. The quantitative estimate of drug-likeness (QED) is 0.830. The number of nitrogens with two attached hydrogens (primary N) is 1. The van der Waals surface area contributed by atoms with Crippen molar-refractivity contribution in [2.24, 2.45) is 5.14 Å². The summed E-state index contributed by atoms with van der Waals surface area (Å²) in [6.07, 6.45) is 0.333. The Balaban J connectivity index is 3.14. The molecule has 0 radical (unpaired) electrons. The standard InChI is InChI=1S/C10H14N2O4S/c1-3-10(13)12-7-4-5-9(17(11,14)15)8(6-7)16-2/h4-6H,3H2,1-2H3,(H,12,13)(H2,11,14,15). The molecule has 94 valence electrons. The molecule has 0 saturated heterocycles. The van der Waals surface area contributed by atoms with Gasteiger partial charge >= 0.3 is 0 Å². The molecule has 6 nitrogen and oxygen atoms in total. The van der Waals surface area contributed by atoms with Crippen LogP contribution in [0.1, 0.15) is 13.3 Å². The summed E-state index contributed by atoms with van der Waals surface area (Å²) in [5, 5.41) is 7.61. The number of ether oxygens (including phenoxy) is 1. The van der Waals surface area contributed by atoms with Crippen molar-refractivity contribution in [2.45, 2.75) is 18.2 Å².